The van der Waals surface area contributed by atoms with Crippen molar-refractivity contribution in [3.63, 3.8) is 0 Å². The highest BCUT2D eigenvalue weighted by Crippen LogP contribution is 2.05. The Morgan fingerprint density at radius 3 is 3.07 bits per heavy atom. The molecule has 0 aliphatic rings. The highest BCUT2D eigenvalue weighted by atomic mass is 15.1. The summed E-state index contributed by atoms with van der Waals surface area (Å²) < 4.78 is 0. The molecule has 0 spiro atoms. The highest BCUT2D eigenvalue weighted by molar-refractivity contribution is 5.22. The van der Waals surface area contributed by atoms with Gasteiger partial charge in [0.05, 0.1) is 6.20 Å². The molecular weight excluding hydrogens is 190 g/mol. The van der Waals surface area contributed by atoms with Gasteiger partial charge in [0.2, 0.25) is 0 Å². The standard InChI is InChI=1S/C10H15N5/c1-8-9(7-14-15-8)3-2-4-11-10-12-5-6-13-10/h5-7H,2-4H2,1H3,(H,14,15)(H2,11,12,13). The summed E-state index contributed by atoms with van der Waals surface area (Å²) in [6.45, 7) is 2.96. The molecule has 5 nitrogen and oxygen atoms in total. The smallest absolute Gasteiger partial charge is 0.200 e. The summed E-state index contributed by atoms with van der Waals surface area (Å²) in [5, 5.41) is 10.1. The molecule has 0 saturated heterocycles. The Morgan fingerprint density at radius 1 is 1.47 bits per heavy atom. The Balaban J connectivity index is 1.70. The normalized spacial score (nSPS) is 10.5. The van der Waals surface area contributed by atoms with Gasteiger partial charge in [-0.05, 0) is 25.3 Å². The van der Waals surface area contributed by atoms with Gasteiger partial charge in [-0.25, -0.2) is 4.98 Å². The van der Waals surface area contributed by atoms with E-state index in [-0.39, 0.29) is 0 Å². The molecule has 2 rings (SSSR count). The van der Waals surface area contributed by atoms with E-state index in [4.69, 9.17) is 0 Å². The molecule has 0 aliphatic carbocycles. The zero-order chi connectivity index (χ0) is 10.5. The summed E-state index contributed by atoms with van der Waals surface area (Å²) in [4.78, 5) is 7.08. The average molecular weight is 205 g/mol. The van der Waals surface area contributed by atoms with Crippen molar-refractivity contribution >= 4 is 5.95 Å². The van der Waals surface area contributed by atoms with Crippen LogP contribution >= 0.6 is 0 Å². The van der Waals surface area contributed by atoms with Crippen molar-refractivity contribution in [3.05, 3.63) is 29.8 Å². The van der Waals surface area contributed by atoms with Crippen LogP contribution in [0.5, 0.6) is 0 Å². The molecule has 2 heterocycles. The van der Waals surface area contributed by atoms with Crippen LogP contribution in [0.25, 0.3) is 0 Å². The van der Waals surface area contributed by atoms with Crippen LogP contribution in [0.1, 0.15) is 17.7 Å². The molecule has 0 amide bonds. The van der Waals surface area contributed by atoms with Crippen LogP contribution in [0, 0.1) is 6.92 Å². The molecule has 0 unspecified atom stereocenters. The van der Waals surface area contributed by atoms with E-state index in [2.05, 4.69) is 25.5 Å². The summed E-state index contributed by atoms with van der Waals surface area (Å²) in [5.74, 6) is 0.832. The van der Waals surface area contributed by atoms with Gasteiger partial charge in [0.1, 0.15) is 0 Å². The molecule has 0 aromatic carbocycles. The Labute approximate surface area is 88.3 Å². The fourth-order valence-electron chi connectivity index (χ4n) is 1.48. The number of hydrogen-bond donors (Lipinski definition) is 3. The van der Waals surface area contributed by atoms with Crippen molar-refractivity contribution in [2.75, 3.05) is 11.9 Å². The largest absolute Gasteiger partial charge is 0.356 e. The maximum atomic E-state index is 4.08. The topological polar surface area (TPSA) is 69.4 Å². The van der Waals surface area contributed by atoms with Crippen molar-refractivity contribution in [2.45, 2.75) is 19.8 Å². The monoisotopic (exact) mass is 205 g/mol. The summed E-state index contributed by atoms with van der Waals surface area (Å²) in [7, 11) is 0. The van der Waals surface area contributed by atoms with Gasteiger partial charge >= 0.3 is 0 Å². The Hall–Kier alpha value is -1.78. The van der Waals surface area contributed by atoms with E-state index >= 15 is 0 Å². The van der Waals surface area contributed by atoms with E-state index in [1.807, 2.05) is 19.3 Å². The Morgan fingerprint density at radius 2 is 2.40 bits per heavy atom. The second kappa shape index (κ2) is 4.63. The first-order valence-electron chi connectivity index (χ1n) is 5.08. The molecule has 0 aliphatic heterocycles. The molecule has 5 heteroatoms. The third-order valence-electron chi connectivity index (χ3n) is 2.35. The average Bonchev–Trinajstić information content (AvgIpc) is 2.85. The van der Waals surface area contributed by atoms with Crippen LogP contribution in [0.4, 0.5) is 5.95 Å². The fraction of sp³-hybridized carbons (Fsp3) is 0.400. The lowest BCUT2D eigenvalue weighted by Gasteiger charge is -2.02. The van der Waals surface area contributed by atoms with E-state index in [0.717, 1.165) is 31.0 Å². The molecule has 15 heavy (non-hydrogen) atoms. The predicted molar refractivity (Wildman–Crippen MR) is 58.7 cm³/mol. The van der Waals surface area contributed by atoms with Crippen LogP contribution in [0.3, 0.4) is 0 Å². The van der Waals surface area contributed by atoms with E-state index in [0.29, 0.717) is 0 Å². The van der Waals surface area contributed by atoms with Crippen molar-refractivity contribution in [1.82, 2.24) is 20.2 Å². The number of aryl methyl sites for hydroxylation is 2. The third kappa shape index (κ3) is 2.59. The summed E-state index contributed by atoms with van der Waals surface area (Å²) in [6.07, 6.45) is 7.55. The van der Waals surface area contributed by atoms with Crippen LogP contribution in [-0.2, 0) is 6.42 Å². The highest BCUT2D eigenvalue weighted by Gasteiger charge is 1.99. The molecule has 0 bridgehead atoms. The fourth-order valence-corrected chi connectivity index (χ4v) is 1.48. The molecule has 0 saturated carbocycles. The minimum Gasteiger partial charge on any atom is -0.356 e. The van der Waals surface area contributed by atoms with E-state index in [9.17, 15) is 0 Å². The lowest BCUT2D eigenvalue weighted by molar-refractivity contribution is 0.850. The molecule has 0 radical (unpaired) electrons. The van der Waals surface area contributed by atoms with Crippen molar-refractivity contribution in [3.8, 4) is 0 Å². The van der Waals surface area contributed by atoms with Gasteiger partial charge in [0.15, 0.2) is 5.95 Å². The van der Waals surface area contributed by atoms with Crippen molar-refractivity contribution < 1.29 is 0 Å². The zero-order valence-electron chi connectivity index (χ0n) is 8.75. The number of hydrogen-bond acceptors (Lipinski definition) is 3. The molecule has 2 aromatic rings. The quantitative estimate of drug-likeness (QED) is 0.648. The van der Waals surface area contributed by atoms with Gasteiger partial charge in [-0.2, -0.15) is 5.10 Å². The number of anilines is 1. The van der Waals surface area contributed by atoms with E-state index in [1.165, 1.54) is 5.56 Å². The summed E-state index contributed by atoms with van der Waals surface area (Å²) in [6, 6.07) is 0. The maximum absolute atomic E-state index is 4.08. The molecule has 0 fully saturated rings. The summed E-state index contributed by atoms with van der Waals surface area (Å²) >= 11 is 0. The number of rotatable bonds is 5. The third-order valence-corrected chi connectivity index (χ3v) is 2.35. The first-order valence-corrected chi connectivity index (χ1v) is 5.08. The number of aromatic nitrogens is 4. The van der Waals surface area contributed by atoms with Gasteiger partial charge in [0, 0.05) is 24.6 Å². The minimum absolute atomic E-state index is 0.832. The predicted octanol–water partition coefficient (Wildman–Crippen LogP) is 1.49. The van der Waals surface area contributed by atoms with Gasteiger partial charge in [-0.3, -0.25) is 5.10 Å². The van der Waals surface area contributed by atoms with Gasteiger partial charge in [0.25, 0.3) is 0 Å². The van der Waals surface area contributed by atoms with E-state index < -0.39 is 0 Å². The number of imidazole rings is 1. The molecule has 80 valence electrons. The summed E-state index contributed by atoms with van der Waals surface area (Å²) in [5.41, 5.74) is 2.45. The number of nitrogens with zero attached hydrogens (tertiary/aromatic N) is 2. The van der Waals surface area contributed by atoms with Crippen LogP contribution in [0.2, 0.25) is 0 Å². The van der Waals surface area contributed by atoms with Gasteiger partial charge in [-0.1, -0.05) is 0 Å². The second-order valence-corrected chi connectivity index (χ2v) is 3.49. The lowest BCUT2D eigenvalue weighted by atomic mass is 10.1. The molecule has 0 atom stereocenters. The number of nitrogens with one attached hydrogen (secondary N) is 3. The minimum atomic E-state index is 0.832. The SMILES string of the molecule is Cc1[nH]ncc1CCCNc1ncc[nH]1. The first-order chi connectivity index (χ1) is 7.36. The lowest BCUT2D eigenvalue weighted by Crippen LogP contribution is -2.04. The van der Waals surface area contributed by atoms with Crippen LogP contribution in [-0.4, -0.2) is 26.7 Å². The zero-order valence-corrected chi connectivity index (χ0v) is 8.75. The molecular formula is C10H15N5. The van der Waals surface area contributed by atoms with Crippen LogP contribution < -0.4 is 5.32 Å². The number of aromatic amines is 2. The second-order valence-electron chi connectivity index (χ2n) is 3.49. The van der Waals surface area contributed by atoms with Gasteiger partial charge < -0.3 is 10.3 Å². The maximum Gasteiger partial charge on any atom is 0.200 e. The Bertz CT molecular complexity index is 390. The van der Waals surface area contributed by atoms with Crippen molar-refractivity contribution in [1.29, 1.82) is 0 Å². The molecule has 3 N–H and O–H groups in total. The van der Waals surface area contributed by atoms with Crippen molar-refractivity contribution in [2.24, 2.45) is 0 Å². The molecule has 2 aromatic heterocycles. The van der Waals surface area contributed by atoms with Gasteiger partial charge in [-0.15, -0.1) is 0 Å². The Kier molecular flexibility index (Phi) is 3.02. The van der Waals surface area contributed by atoms with E-state index in [1.54, 1.807) is 6.20 Å². The first kappa shape index (κ1) is 9.76. The number of H-pyrrole nitrogens is 2. The van der Waals surface area contributed by atoms with Crippen LogP contribution in [0.15, 0.2) is 18.6 Å².